The molecule has 0 aromatic heterocycles. The molecule has 1 aliphatic heterocycles. The van der Waals surface area contributed by atoms with Crippen molar-refractivity contribution >= 4 is 47.3 Å². The van der Waals surface area contributed by atoms with Crippen molar-refractivity contribution in [2.24, 2.45) is 29.0 Å². The molecule has 18 heteroatoms. The molecule has 2 rings (SSSR count). The summed E-state index contributed by atoms with van der Waals surface area (Å²) in [4.78, 5) is 103. The van der Waals surface area contributed by atoms with Crippen LogP contribution in [0.15, 0.2) is 24.3 Å². The maximum absolute atomic E-state index is 13.8. The lowest BCUT2D eigenvalue weighted by Crippen LogP contribution is -2.60. The van der Waals surface area contributed by atoms with Crippen LogP contribution in [0.5, 0.6) is 5.75 Å². The van der Waals surface area contributed by atoms with Crippen molar-refractivity contribution in [3.63, 3.8) is 0 Å². The Hall–Kier alpha value is -5.26. The molecule has 1 heterocycles. The van der Waals surface area contributed by atoms with Crippen LogP contribution < -0.4 is 38.5 Å². The molecule has 0 aliphatic carbocycles. The molecule has 0 spiro atoms. The number of amides is 7. The molecule has 18 nitrogen and oxygen atoms in total. The molecule has 1 aromatic rings. The third-order valence-electron chi connectivity index (χ3n) is 8.39. The van der Waals surface area contributed by atoms with E-state index in [0.717, 1.165) is 4.90 Å². The predicted octanol–water partition coefficient (Wildman–Crippen LogP) is -2.27. The van der Waals surface area contributed by atoms with E-state index >= 15 is 0 Å². The van der Waals surface area contributed by atoms with E-state index in [1.54, 1.807) is 27.7 Å². The van der Waals surface area contributed by atoms with Gasteiger partial charge in [0.25, 0.3) is 0 Å². The van der Waals surface area contributed by atoms with Crippen molar-refractivity contribution in [3.05, 3.63) is 29.8 Å². The molecule has 1 aliphatic rings. The molecule has 1 aromatic carbocycles. The number of carboxylic acids is 1. The number of hydrogen-bond donors (Lipinski definition) is 9. The second-order valence-corrected chi connectivity index (χ2v) is 13.3. The number of nitrogens with two attached hydrogens (primary N) is 3. The highest BCUT2D eigenvalue weighted by atomic mass is 16.4. The molecule has 0 bridgehead atoms. The van der Waals surface area contributed by atoms with Gasteiger partial charge in [0.1, 0.15) is 36.0 Å². The maximum Gasteiger partial charge on any atom is 0.303 e. The lowest BCUT2D eigenvalue weighted by molar-refractivity contribution is -0.143. The molecule has 0 saturated carbocycles. The van der Waals surface area contributed by atoms with Crippen molar-refractivity contribution in [3.8, 4) is 5.75 Å². The van der Waals surface area contributed by atoms with E-state index in [1.165, 1.54) is 24.3 Å². The monoisotopic (exact) mass is 718 g/mol. The van der Waals surface area contributed by atoms with Crippen LogP contribution in [0.4, 0.5) is 0 Å². The number of carboxylic acid groups (broad SMARTS) is 1. The topological polar surface area (TPSA) is 306 Å². The van der Waals surface area contributed by atoms with Gasteiger partial charge in [-0.15, -0.1) is 0 Å². The molecular weight excluding hydrogens is 668 g/mol. The number of carbonyl (C=O) groups is 8. The third kappa shape index (κ3) is 12.9. The molecule has 6 atom stereocenters. The quantitative estimate of drug-likeness (QED) is 0.0735. The average molecular weight is 719 g/mol. The van der Waals surface area contributed by atoms with Crippen LogP contribution in [0, 0.1) is 11.8 Å². The molecule has 282 valence electrons. The first kappa shape index (κ1) is 41.9. The summed E-state index contributed by atoms with van der Waals surface area (Å²) >= 11 is 0. The van der Waals surface area contributed by atoms with Gasteiger partial charge in [0, 0.05) is 19.4 Å². The van der Waals surface area contributed by atoms with Gasteiger partial charge in [-0.1, -0.05) is 39.8 Å². The van der Waals surface area contributed by atoms with Crippen LogP contribution >= 0.6 is 0 Å². The minimum absolute atomic E-state index is 0.0324. The molecular formula is C33H50N8O10. The normalized spacial score (nSPS) is 17.1. The summed E-state index contributed by atoms with van der Waals surface area (Å²) in [5.41, 5.74) is 17.1. The number of aliphatic carboxylic acids is 1. The van der Waals surface area contributed by atoms with Crippen molar-refractivity contribution in [1.29, 1.82) is 0 Å². The minimum atomic E-state index is -1.50. The average Bonchev–Trinajstić information content (AvgIpc) is 3.54. The first-order chi connectivity index (χ1) is 23.8. The van der Waals surface area contributed by atoms with Crippen molar-refractivity contribution in [2.75, 3.05) is 6.54 Å². The molecule has 1 fully saturated rings. The predicted molar refractivity (Wildman–Crippen MR) is 182 cm³/mol. The lowest BCUT2D eigenvalue weighted by atomic mass is 9.98. The molecule has 12 N–H and O–H groups in total. The SMILES string of the molecule is CC(C)[C@H](NC(=O)[C@@H](NC(=O)[C@H](Cc1ccc(O)cc1)NC(=O)[C@@H]1CCCN1C(=O)[C@H](CC(N)=O)NC(=O)[C@@H](N)CCC(=O)O)C(C)C)C(N)=O. The Morgan fingerprint density at radius 1 is 0.824 bits per heavy atom. The van der Waals surface area contributed by atoms with E-state index in [-0.39, 0.29) is 37.5 Å². The number of carbonyl (C=O) groups excluding carboxylic acids is 7. The van der Waals surface area contributed by atoms with E-state index in [4.69, 9.17) is 22.3 Å². The summed E-state index contributed by atoms with van der Waals surface area (Å²) in [7, 11) is 0. The highest BCUT2D eigenvalue weighted by Crippen LogP contribution is 2.21. The summed E-state index contributed by atoms with van der Waals surface area (Å²) in [6.07, 6.45) is -0.832. The molecule has 51 heavy (non-hydrogen) atoms. The number of rotatable bonds is 19. The van der Waals surface area contributed by atoms with Gasteiger partial charge in [-0.05, 0) is 48.8 Å². The summed E-state index contributed by atoms with van der Waals surface area (Å²) in [5.74, 6) is -7.55. The van der Waals surface area contributed by atoms with Gasteiger partial charge in [-0.25, -0.2) is 0 Å². The van der Waals surface area contributed by atoms with Crippen LogP contribution in [-0.4, -0.2) is 105 Å². The zero-order chi connectivity index (χ0) is 38.6. The fraction of sp³-hybridized carbons (Fsp3) is 0.576. The van der Waals surface area contributed by atoms with E-state index < -0.39 is 102 Å². The van der Waals surface area contributed by atoms with Gasteiger partial charge in [0.05, 0.1) is 12.5 Å². The van der Waals surface area contributed by atoms with Gasteiger partial charge in [-0.3, -0.25) is 38.4 Å². The van der Waals surface area contributed by atoms with Gasteiger partial charge in [-0.2, -0.15) is 0 Å². The largest absolute Gasteiger partial charge is 0.508 e. The Bertz CT molecular complexity index is 1450. The van der Waals surface area contributed by atoms with E-state index in [0.29, 0.717) is 12.0 Å². The number of benzene rings is 1. The fourth-order valence-electron chi connectivity index (χ4n) is 5.54. The first-order valence-corrected chi connectivity index (χ1v) is 16.7. The zero-order valence-electron chi connectivity index (χ0n) is 29.2. The number of hydrogen-bond acceptors (Lipinski definition) is 10. The Labute approximate surface area is 295 Å². The summed E-state index contributed by atoms with van der Waals surface area (Å²) in [6, 6.07) is -1.50. The highest BCUT2D eigenvalue weighted by Gasteiger charge is 2.40. The van der Waals surface area contributed by atoms with Crippen molar-refractivity contribution < 1.29 is 48.6 Å². The van der Waals surface area contributed by atoms with Crippen LogP contribution in [-0.2, 0) is 44.8 Å². The molecule has 7 amide bonds. The first-order valence-electron chi connectivity index (χ1n) is 16.7. The summed E-state index contributed by atoms with van der Waals surface area (Å²) < 4.78 is 0. The standard InChI is InChI=1S/C33H50N8O10/c1-16(2)26(28(36)46)39-32(50)27(17(3)4)40-30(48)21(14-18-7-9-19(42)10-8-18)37-31(49)23-6-5-13-41(23)33(51)22(15-24(35)43)38-29(47)20(34)11-12-25(44)45/h7-10,16-17,20-23,26-27,42H,5-6,11-15,34H2,1-4H3,(H2,35,43)(H2,36,46)(H,37,49)(H,38,47)(H,39,50)(H,40,48)(H,44,45)/t20-,21-,22-,23-,26-,27-/m0/s1. The fourth-order valence-corrected chi connectivity index (χ4v) is 5.54. The molecule has 0 radical (unpaired) electrons. The number of primary amides is 2. The van der Waals surface area contributed by atoms with Gasteiger partial charge < -0.3 is 53.6 Å². The third-order valence-corrected chi connectivity index (χ3v) is 8.39. The molecule has 0 unspecified atom stereocenters. The Morgan fingerprint density at radius 3 is 1.94 bits per heavy atom. The second-order valence-electron chi connectivity index (χ2n) is 13.3. The van der Waals surface area contributed by atoms with Gasteiger partial charge >= 0.3 is 5.97 Å². The Morgan fingerprint density at radius 2 is 1.41 bits per heavy atom. The van der Waals surface area contributed by atoms with Crippen LogP contribution in [0.3, 0.4) is 0 Å². The second kappa shape index (κ2) is 19.2. The summed E-state index contributed by atoms with van der Waals surface area (Å²) in [6.45, 7) is 6.80. The smallest absolute Gasteiger partial charge is 0.303 e. The van der Waals surface area contributed by atoms with Crippen LogP contribution in [0.1, 0.15) is 65.4 Å². The number of likely N-dealkylation sites (tertiary alicyclic amines) is 1. The van der Waals surface area contributed by atoms with E-state index in [1.807, 2.05) is 0 Å². The van der Waals surface area contributed by atoms with E-state index in [9.17, 15) is 43.5 Å². The lowest BCUT2D eigenvalue weighted by Gasteiger charge is -2.31. The van der Waals surface area contributed by atoms with Gasteiger partial charge in [0.15, 0.2) is 0 Å². The molecule has 1 saturated heterocycles. The highest BCUT2D eigenvalue weighted by molar-refractivity contribution is 5.98. The van der Waals surface area contributed by atoms with E-state index in [2.05, 4.69) is 21.3 Å². The number of phenolic OH excluding ortho intramolecular Hbond substituents is 1. The Kier molecular flexibility index (Phi) is 15.8. The van der Waals surface area contributed by atoms with Gasteiger partial charge in [0.2, 0.25) is 41.4 Å². The maximum atomic E-state index is 13.8. The number of nitrogens with zero attached hydrogens (tertiary/aromatic N) is 1. The minimum Gasteiger partial charge on any atom is -0.508 e. The zero-order valence-corrected chi connectivity index (χ0v) is 29.2. The number of nitrogens with one attached hydrogen (secondary N) is 4. The number of aromatic hydroxyl groups is 1. The van der Waals surface area contributed by atoms with Crippen LogP contribution in [0.2, 0.25) is 0 Å². The number of phenols is 1. The van der Waals surface area contributed by atoms with Crippen molar-refractivity contribution in [2.45, 2.75) is 102 Å². The Balaban J connectivity index is 2.33. The van der Waals surface area contributed by atoms with Crippen molar-refractivity contribution in [1.82, 2.24) is 26.2 Å². The van der Waals surface area contributed by atoms with Crippen LogP contribution in [0.25, 0.3) is 0 Å². The summed E-state index contributed by atoms with van der Waals surface area (Å²) in [5, 5.41) is 28.9.